The van der Waals surface area contributed by atoms with E-state index in [1.165, 1.54) is 25.1 Å². The molecule has 0 saturated heterocycles. The standard InChI is InChI=1S/C15H21F2NO2S/c1-13(2,3)21(20)18-15(5,14(4,17)10-19)11-8-6-7-9-12(11)16/h6-10,18H,1-5H3/t14-,15+,21+/m0/s1. The van der Waals surface area contributed by atoms with Gasteiger partial charge in [0.1, 0.15) is 5.82 Å². The summed E-state index contributed by atoms with van der Waals surface area (Å²) in [7, 11) is -1.68. The first kappa shape index (κ1) is 17.9. The second kappa shape index (κ2) is 5.93. The zero-order valence-electron chi connectivity index (χ0n) is 12.9. The number of aldehydes is 1. The first-order valence-electron chi connectivity index (χ1n) is 6.55. The molecule has 3 atom stereocenters. The third-order valence-electron chi connectivity index (χ3n) is 3.46. The Morgan fingerprint density at radius 3 is 2.10 bits per heavy atom. The predicted molar refractivity (Wildman–Crippen MR) is 80.4 cm³/mol. The van der Waals surface area contributed by atoms with Gasteiger partial charge in [-0.25, -0.2) is 17.7 Å². The zero-order chi connectivity index (χ0) is 16.5. The van der Waals surface area contributed by atoms with Crippen molar-refractivity contribution >= 4 is 17.3 Å². The van der Waals surface area contributed by atoms with Gasteiger partial charge in [-0.3, -0.25) is 4.79 Å². The summed E-state index contributed by atoms with van der Waals surface area (Å²) in [5.41, 5.74) is -4.23. The Balaban J connectivity index is 3.43. The van der Waals surface area contributed by atoms with E-state index in [2.05, 4.69) is 4.72 Å². The van der Waals surface area contributed by atoms with Gasteiger partial charge < -0.3 is 0 Å². The fourth-order valence-corrected chi connectivity index (χ4v) is 2.73. The van der Waals surface area contributed by atoms with Gasteiger partial charge in [0, 0.05) is 5.56 Å². The van der Waals surface area contributed by atoms with E-state index in [-0.39, 0.29) is 11.8 Å². The van der Waals surface area contributed by atoms with Crippen molar-refractivity contribution in [3.8, 4) is 0 Å². The lowest BCUT2D eigenvalue weighted by atomic mass is 9.79. The Kier molecular flexibility index (Phi) is 5.05. The second-order valence-corrected chi connectivity index (χ2v) is 8.25. The molecule has 0 aliphatic heterocycles. The van der Waals surface area contributed by atoms with Crippen LogP contribution in [0.5, 0.6) is 0 Å². The van der Waals surface area contributed by atoms with Crippen molar-refractivity contribution in [3.05, 3.63) is 35.6 Å². The Hall–Kier alpha value is -1.14. The molecule has 0 bridgehead atoms. The number of rotatable bonds is 5. The largest absolute Gasteiger partial charge is 0.300 e. The molecule has 0 heterocycles. The first-order chi connectivity index (χ1) is 9.45. The van der Waals surface area contributed by atoms with E-state index in [4.69, 9.17) is 0 Å². The highest BCUT2D eigenvalue weighted by Gasteiger charge is 2.50. The first-order valence-corrected chi connectivity index (χ1v) is 7.70. The van der Waals surface area contributed by atoms with Gasteiger partial charge in [-0.15, -0.1) is 0 Å². The Morgan fingerprint density at radius 2 is 1.67 bits per heavy atom. The van der Waals surface area contributed by atoms with Crippen LogP contribution in [0.4, 0.5) is 8.78 Å². The molecule has 21 heavy (non-hydrogen) atoms. The van der Waals surface area contributed by atoms with Crippen LogP contribution in [-0.4, -0.2) is 20.9 Å². The lowest BCUT2D eigenvalue weighted by Crippen LogP contribution is -2.58. The molecule has 3 nitrogen and oxygen atoms in total. The lowest BCUT2D eigenvalue weighted by Gasteiger charge is -2.40. The van der Waals surface area contributed by atoms with Crippen molar-refractivity contribution in [2.24, 2.45) is 0 Å². The van der Waals surface area contributed by atoms with Gasteiger partial charge in [-0.2, -0.15) is 0 Å². The molecular weight excluding hydrogens is 296 g/mol. The number of nitrogens with one attached hydrogen (secondary N) is 1. The minimum absolute atomic E-state index is 0.0419. The van der Waals surface area contributed by atoms with Gasteiger partial charge >= 0.3 is 0 Å². The van der Waals surface area contributed by atoms with Crippen molar-refractivity contribution in [2.75, 3.05) is 0 Å². The molecule has 0 aromatic heterocycles. The monoisotopic (exact) mass is 317 g/mol. The van der Waals surface area contributed by atoms with Gasteiger partial charge in [0.15, 0.2) is 12.0 Å². The molecule has 0 amide bonds. The van der Waals surface area contributed by atoms with Crippen LogP contribution in [0.15, 0.2) is 24.3 Å². The summed E-state index contributed by atoms with van der Waals surface area (Å²) in [6, 6.07) is 5.56. The lowest BCUT2D eigenvalue weighted by molar-refractivity contribution is -0.121. The van der Waals surface area contributed by atoms with Crippen LogP contribution in [0, 0.1) is 5.82 Å². The third-order valence-corrected chi connectivity index (χ3v) is 5.17. The molecule has 0 radical (unpaired) electrons. The average Bonchev–Trinajstić information content (AvgIpc) is 2.37. The van der Waals surface area contributed by atoms with Gasteiger partial charge in [0.25, 0.3) is 0 Å². The Labute approximate surface area is 126 Å². The molecule has 1 aromatic rings. The van der Waals surface area contributed by atoms with Crippen molar-refractivity contribution < 1.29 is 17.8 Å². The second-order valence-electron chi connectivity index (χ2n) is 6.28. The summed E-state index contributed by atoms with van der Waals surface area (Å²) in [4.78, 5) is 11.2. The summed E-state index contributed by atoms with van der Waals surface area (Å²) in [5.74, 6) is -0.663. The van der Waals surface area contributed by atoms with E-state index < -0.39 is 32.8 Å². The number of carbonyl (C=O) groups is 1. The molecular formula is C15H21F2NO2S. The summed E-state index contributed by atoms with van der Waals surface area (Å²) in [6.07, 6.45) is 0.103. The fourth-order valence-electron chi connectivity index (χ4n) is 1.74. The van der Waals surface area contributed by atoms with E-state index in [9.17, 15) is 17.8 Å². The van der Waals surface area contributed by atoms with Crippen LogP contribution in [0.3, 0.4) is 0 Å². The van der Waals surface area contributed by atoms with Gasteiger partial charge in [0.2, 0.25) is 0 Å². The Bertz CT molecular complexity index is 555. The maximum Gasteiger partial charge on any atom is 0.185 e. The number of halogens is 2. The minimum Gasteiger partial charge on any atom is -0.300 e. The van der Waals surface area contributed by atoms with Crippen LogP contribution in [0.25, 0.3) is 0 Å². The molecule has 118 valence electrons. The molecule has 6 heteroatoms. The smallest absolute Gasteiger partial charge is 0.185 e. The van der Waals surface area contributed by atoms with Gasteiger partial charge in [-0.05, 0) is 40.7 Å². The molecule has 0 aliphatic carbocycles. The summed E-state index contributed by atoms with van der Waals surface area (Å²) < 4.78 is 43.1. The molecule has 0 aliphatic rings. The van der Waals surface area contributed by atoms with Crippen LogP contribution < -0.4 is 4.72 Å². The number of hydrogen-bond donors (Lipinski definition) is 1. The average molecular weight is 317 g/mol. The topological polar surface area (TPSA) is 46.2 Å². The summed E-state index contributed by atoms with van der Waals surface area (Å²) in [6.45, 7) is 7.49. The maximum absolute atomic E-state index is 14.8. The highest BCUT2D eigenvalue weighted by Crippen LogP contribution is 2.37. The van der Waals surface area contributed by atoms with E-state index in [0.29, 0.717) is 0 Å². The number of hydrogen-bond acceptors (Lipinski definition) is 2. The van der Waals surface area contributed by atoms with Gasteiger partial charge in [0.05, 0.1) is 21.3 Å². The highest BCUT2D eigenvalue weighted by atomic mass is 32.2. The van der Waals surface area contributed by atoms with Crippen molar-refractivity contribution in [1.82, 2.24) is 4.72 Å². The summed E-state index contributed by atoms with van der Waals surface area (Å²) >= 11 is 0. The van der Waals surface area contributed by atoms with Crippen LogP contribution in [0.1, 0.15) is 40.2 Å². The third kappa shape index (κ3) is 3.55. The van der Waals surface area contributed by atoms with E-state index >= 15 is 0 Å². The predicted octanol–water partition coefficient (Wildman–Crippen LogP) is 3.02. The molecule has 1 rings (SSSR count). The van der Waals surface area contributed by atoms with E-state index in [1.807, 2.05) is 0 Å². The summed E-state index contributed by atoms with van der Waals surface area (Å²) in [5, 5.41) is 0. The normalized spacial score (nSPS) is 19.4. The molecule has 0 saturated carbocycles. The molecule has 1 aromatic carbocycles. The minimum atomic E-state index is -2.43. The number of alkyl halides is 1. The van der Waals surface area contributed by atoms with E-state index in [1.54, 1.807) is 26.8 Å². The van der Waals surface area contributed by atoms with Crippen molar-refractivity contribution in [1.29, 1.82) is 0 Å². The molecule has 1 N–H and O–H groups in total. The van der Waals surface area contributed by atoms with Crippen LogP contribution in [0.2, 0.25) is 0 Å². The maximum atomic E-state index is 14.8. The van der Waals surface area contributed by atoms with Crippen molar-refractivity contribution in [2.45, 2.75) is 50.6 Å². The zero-order valence-corrected chi connectivity index (χ0v) is 13.7. The SMILES string of the molecule is CC(C)(C)[S@@](=O)N[C@](C)(c1ccccc1F)[C@@](C)(F)C=O. The van der Waals surface area contributed by atoms with Crippen LogP contribution >= 0.6 is 0 Å². The number of benzene rings is 1. The fraction of sp³-hybridized carbons (Fsp3) is 0.533. The van der Waals surface area contributed by atoms with Crippen molar-refractivity contribution in [3.63, 3.8) is 0 Å². The molecule has 0 fully saturated rings. The highest BCUT2D eigenvalue weighted by molar-refractivity contribution is 7.84. The number of carbonyl (C=O) groups excluding carboxylic acids is 1. The van der Waals surface area contributed by atoms with E-state index in [0.717, 1.165) is 6.92 Å². The van der Waals surface area contributed by atoms with Gasteiger partial charge in [-0.1, -0.05) is 18.2 Å². The molecule has 0 spiro atoms. The quantitative estimate of drug-likeness (QED) is 0.849. The molecule has 0 unspecified atom stereocenters. The Morgan fingerprint density at radius 1 is 1.14 bits per heavy atom. The van der Waals surface area contributed by atoms with Crippen LogP contribution in [-0.2, 0) is 21.3 Å².